The molecule has 0 aromatic carbocycles. The van der Waals surface area contributed by atoms with E-state index < -0.39 is 91.0 Å². The fourth-order valence-electron chi connectivity index (χ4n) is 2.49. The summed E-state index contributed by atoms with van der Waals surface area (Å²) in [6.45, 7) is 3.91. The van der Waals surface area contributed by atoms with Crippen LogP contribution in [0.2, 0.25) is 0 Å². The lowest BCUT2D eigenvalue weighted by Gasteiger charge is -2.10. The van der Waals surface area contributed by atoms with Crippen molar-refractivity contribution in [3.8, 4) is 0 Å². The highest BCUT2D eigenvalue weighted by Crippen LogP contribution is 2.03. The van der Waals surface area contributed by atoms with Crippen LogP contribution >= 0.6 is 0 Å². The van der Waals surface area contributed by atoms with Crippen molar-refractivity contribution < 1.29 is 96.9 Å². The van der Waals surface area contributed by atoms with Crippen LogP contribution in [0.3, 0.4) is 0 Å². The van der Waals surface area contributed by atoms with E-state index >= 15 is 0 Å². The Kier molecular flexibility index (Phi) is 26.4. The number of methoxy groups -OCH3 is 1. The second kappa shape index (κ2) is 26.9. The monoisotopic (exact) mass is 682 g/mol. The molecule has 2 atom stereocenters. The Labute approximate surface area is 267 Å². The first-order valence-corrected chi connectivity index (χ1v) is 13.4. The maximum atomic E-state index is 11.1. The molecule has 266 valence electrons. The summed E-state index contributed by atoms with van der Waals surface area (Å²) >= 11 is 0. The summed E-state index contributed by atoms with van der Waals surface area (Å²) in [6, 6.07) is 0. The van der Waals surface area contributed by atoms with Crippen molar-refractivity contribution in [2.75, 3.05) is 13.7 Å². The fraction of sp³-hybridized carbons (Fsp3) is 0.593. The van der Waals surface area contributed by atoms with E-state index in [1.54, 1.807) is 0 Å². The van der Waals surface area contributed by atoms with Crippen LogP contribution in [0.15, 0.2) is 0 Å². The molecule has 4 N–H and O–H groups in total. The third-order valence-electron chi connectivity index (χ3n) is 4.47. The molecule has 0 aliphatic heterocycles. The Hall–Kier alpha value is -5.43. The molecule has 0 spiro atoms. The van der Waals surface area contributed by atoms with Gasteiger partial charge in [-0.2, -0.15) is 0 Å². The Morgan fingerprint density at radius 1 is 0.553 bits per heavy atom. The van der Waals surface area contributed by atoms with Gasteiger partial charge in [0.25, 0.3) is 0 Å². The Morgan fingerprint density at radius 2 is 1.09 bits per heavy atom. The van der Waals surface area contributed by atoms with Crippen LogP contribution in [-0.2, 0) is 76.4 Å². The van der Waals surface area contributed by atoms with Crippen LogP contribution in [0, 0.1) is 0 Å². The van der Waals surface area contributed by atoms with Crippen molar-refractivity contribution in [1.82, 2.24) is 0 Å². The molecule has 0 saturated carbocycles. The van der Waals surface area contributed by atoms with E-state index in [9.17, 15) is 52.7 Å². The minimum absolute atomic E-state index is 0.119. The Bertz CT molecular complexity index is 1120. The molecular weight excluding hydrogens is 644 g/mol. The summed E-state index contributed by atoms with van der Waals surface area (Å²) in [4.78, 5) is 116. The molecule has 0 heterocycles. The molecule has 0 aromatic heterocycles. The predicted octanol–water partition coefficient (Wildman–Crippen LogP) is 0.0469. The van der Waals surface area contributed by atoms with Crippen LogP contribution in [0.5, 0.6) is 0 Å². The largest absolute Gasteiger partial charge is 0.481 e. The number of carbonyl (C=O) groups excluding carboxylic acids is 7. The first-order valence-electron chi connectivity index (χ1n) is 13.4. The van der Waals surface area contributed by atoms with Gasteiger partial charge in [0.05, 0.1) is 39.4 Å². The molecular formula is C27H38O20. The lowest BCUT2D eigenvalue weighted by Crippen LogP contribution is -2.25. The summed E-state index contributed by atoms with van der Waals surface area (Å²) in [5.74, 6) is -10.8. The molecule has 47 heavy (non-hydrogen) atoms. The van der Waals surface area contributed by atoms with E-state index in [2.05, 4.69) is 18.9 Å². The smallest absolute Gasteiger partial charge is 0.374 e. The van der Waals surface area contributed by atoms with Crippen LogP contribution in [0.1, 0.15) is 78.6 Å². The number of carboxylic acids is 4. The minimum atomic E-state index is -1.43. The van der Waals surface area contributed by atoms with E-state index in [1.807, 2.05) is 0 Å². The molecule has 0 saturated heterocycles. The molecule has 0 aliphatic carbocycles. The highest BCUT2D eigenvalue weighted by Gasteiger charge is 2.20. The topological polar surface area (TPSA) is 315 Å². The predicted molar refractivity (Wildman–Crippen MR) is 148 cm³/mol. The average Bonchev–Trinajstić information content (AvgIpc) is 2.90. The van der Waals surface area contributed by atoms with E-state index in [0.29, 0.717) is 19.3 Å². The summed E-state index contributed by atoms with van der Waals surface area (Å²) in [6.07, 6.45) is -3.12. The number of hydrogen-bond donors (Lipinski definition) is 4. The quantitative estimate of drug-likeness (QED) is 0.0459. The van der Waals surface area contributed by atoms with Gasteiger partial charge in [-0.05, 0) is 26.7 Å². The number of hydrogen-bond acceptors (Lipinski definition) is 16. The summed E-state index contributed by atoms with van der Waals surface area (Å²) < 4.78 is 22.3. The number of ketones is 1. The number of Topliss-reactive ketones (excluding diaryl/α,β-unsaturated/α-hetero) is 1. The lowest BCUT2D eigenvalue weighted by atomic mass is 10.2. The number of unbranched alkanes of at least 4 members (excludes halogenated alkanes) is 1. The average molecular weight is 683 g/mol. The first-order chi connectivity index (χ1) is 21.7. The second-order valence-corrected chi connectivity index (χ2v) is 9.01. The second-order valence-electron chi connectivity index (χ2n) is 9.01. The molecule has 0 radical (unpaired) electrons. The molecule has 0 fully saturated rings. The lowest BCUT2D eigenvalue weighted by molar-refractivity contribution is -0.166. The number of aliphatic carboxylic acids is 4. The van der Waals surface area contributed by atoms with Gasteiger partial charge in [-0.15, -0.1) is 0 Å². The molecule has 0 aliphatic rings. The van der Waals surface area contributed by atoms with Gasteiger partial charge in [0.2, 0.25) is 5.78 Å². The highest BCUT2D eigenvalue weighted by molar-refractivity contribution is 6.32. The van der Waals surface area contributed by atoms with E-state index in [0.717, 1.165) is 6.92 Å². The molecule has 0 aromatic rings. The number of carboxylic acid groups (broad SMARTS) is 4. The minimum Gasteiger partial charge on any atom is -0.481 e. The Balaban J connectivity index is -0.000000626. The van der Waals surface area contributed by atoms with Crippen molar-refractivity contribution in [2.45, 2.75) is 90.8 Å². The van der Waals surface area contributed by atoms with Gasteiger partial charge < -0.3 is 44.1 Å². The highest BCUT2D eigenvalue weighted by atomic mass is 16.6. The van der Waals surface area contributed by atoms with Crippen molar-refractivity contribution in [3.63, 3.8) is 0 Å². The maximum Gasteiger partial charge on any atom is 0.374 e. The van der Waals surface area contributed by atoms with E-state index in [1.165, 1.54) is 21.0 Å². The SMILES string of the molecule is CC(=O)C(=O)OC(C)CC(=O)OC(=O)CC(=O)O.CC(CC(=O)O)OC(=O)CC(=O)O.COC(=O)CCCCOC(=O)CCC(=O)O. The van der Waals surface area contributed by atoms with E-state index in [4.69, 9.17) is 25.2 Å². The van der Waals surface area contributed by atoms with Crippen LogP contribution in [0.25, 0.3) is 0 Å². The van der Waals surface area contributed by atoms with Crippen molar-refractivity contribution >= 4 is 65.5 Å². The number of carbonyl (C=O) groups is 11. The van der Waals surface area contributed by atoms with Gasteiger partial charge >= 0.3 is 59.7 Å². The van der Waals surface area contributed by atoms with Crippen LogP contribution < -0.4 is 0 Å². The molecule has 0 amide bonds. The summed E-state index contributed by atoms with van der Waals surface area (Å²) in [7, 11) is 1.31. The maximum absolute atomic E-state index is 11.1. The van der Waals surface area contributed by atoms with E-state index in [-0.39, 0.29) is 31.8 Å². The number of rotatable bonds is 19. The molecule has 0 bridgehead atoms. The van der Waals surface area contributed by atoms with Gasteiger partial charge in [-0.25, -0.2) is 4.79 Å². The number of ether oxygens (including phenoxy) is 5. The zero-order chi connectivity index (χ0) is 37.1. The number of esters is 6. The van der Waals surface area contributed by atoms with Gasteiger partial charge in [0, 0.05) is 13.3 Å². The van der Waals surface area contributed by atoms with Gasteiger partial charge in [-0.1, -0.05) is 0 Å². The van der Waals surface area contributed by atoms with Crippen LogP contribution in [0.4, 0.5) is 0 Å². The third kappa shape index (κ3) is 34.9. The molecule has 2 unspecified atom stereocenters. The Morgan fingerprint density at radius 3 is 1.55 bits per heavy atom. The van der Waals surface area contributed by atoms with Crippen molar-refractivity contribution in [1.29, 1.82) is 0 Å². The van der Waals surface area contributed by atoms with Gasteiger partial charge in [0.15, 0.2) is 0 Å². The standard InChI is InChI=1S/C10H12O8.C10H16O6.C7H10O6/c1-5(17-10(16)6(2)11)3-8(14)18-9(15)4-7(12)13;1-15-9(13)4-2-3-7-16-10(14)6-5-8(11)12;1-4(2-5(8)9)13-7(12)3-6(10)11/h5H,3-4H2,1-2H3,(H,12,13);2-7H2,1H3,(H,11,12);4H,2-3H2,1H3,(H,8,9)(H,10,11). The van der Waals surface area contributed by atoms with Crippen molar-refractivity contribution in [2.24, 2.45) is 0 Å². The fourth-order valence-corrected chi connectivity index (χ4v) is 2.49. The summed E-state index contributed by atoms with van der Waals surface area (Å²) in [5, 5.41) is 33.0. The normalized spacial score (nSPS) is 10.8. The molecule has 20 heteroatoms. The zero-order valence-electron chi connectivity index (χ0n) is 26.0. The van der Waals surface area contributed by atoms with Gasteiger partial charge in [-0.3, -0.25) is 47.9 Å². The first kappa shape index (κ1) is 46.0. The molecule has 0 rings (SSSR count). The summed E-state index contributed by atoms with van der Waals surface area (Å²) in [5.41, 5.74) is 0. The third-order valence-corrected chi connectivity index (χ3v) is 4.47. The van der Waals surface area contributed by atoms with Crippen LogP contribution in [-0.4, -0.2) is 112 Å². The van der Waals surface area contributed by atoms with Crippen molar-refractivity contribution in [3.05, 3.63) is 0 Å². The molecule has 20 nitrogen and oxygen atoms in total. The van der Waals surface area contributed by atoms with Gasteiger partial charge in [0.1, 0.15) is 25.0 Å². The zero-order valence-corrected chi connectivity index (χ0v) is 26.0.